The van der Waals surface area contributed by atoms with E-state index >= 15 is 0 Å². The molecule has 0 unspecified atom stereocenters. The number of rotatable bonds is 6. The molecule has 1 aliphatic heterocycles. The molecule has 0 fully saturated rings. The molecule has 0 bridgehead atoms. The fraction of sp³-hybridized carbons (Fsp3) is 0.174. The van der Waals surface area contributed by atoms with Crippen molar-refractivity contribution in [2.24, 2.45) is 0 Å². The van der Waals surface area contributed by atoms with E-state index in [1.54, 1.807) is 10.8 Å². The maximum Gasteiger partial charge on any atom is 0.255 e. The van der Waals surface area contributed by atoms with Crippen molar-refractivity contribution in [3.05, 3.63) is 89.9 Å². The first-order valence-electron chi connectivity index (χ1n) is 9.67. The largest absolute Gasteiger partial charge is 0.489 e. The van der Waals surface area contributed by atoms with Gasteiger partial charge in [-0.3, -0.25) is 4.79 Å². The first-order chi connectivity index (χ1) is 14.6. The predicted octanol–water partition coefficient (Wildman–Crippen LogP) is 4.08. The van der Waals surface area contributed by atoms with Crippen LogP contribution in [-0.4, -0.2) is 27.3 Å². The summed E-state index contributed by atoms with van der Waals surface area (Å²) in [5, 5.41) is 10.6. The molecule has 7 nitrogen and oxygen atoms in total. The van der Waals surface area contributed by atoms with E-state index in [1.807, 2.05) is 62.4 Å². The highest BCUT2D eigenvalue weighted by molar-refractivity contribution is 6.06. The van der Waals surface area contributed by atoms with E-state index in [-0.39, 0.29) is 5.91 Å². The number of allylic oxidation sites excluding steroid dienone is 1. The van der Waals surface area contributed by atoms with Gasteiger partial charge in [0.2, 0.25) is 5.95 Å². The lowest BCUT2D eigenvalue weighted by Crippen LogP contribution is -2.32. The predicted molar refractivity (Wildman–Crippen MR) is 116 cm³/mol. The maximum absolute atomic E-state index is 13.4. The molecule has 1 amide bonds. The number of fused-ring (bicyclic) bond motifs is 1. The number of nitrogens with zero attached hydrogens (tertiary/aromatic N) is 3. The molecule has 2 heterocycles. The monoisotopic (exact) mass is 401 g/mol. The Morgan fingerprint density at radius 2 is 2.00 bits per heavy atom. The molecule has 1 aromatic heterocycles. The van der Waals surface area contributed by atoms with Gasteiger partial charge in [0.05, 0.1) is 5.57 Å². The Hall–Kier alpha value is -3.87. The summed E-state index contributed by atoms with van der Waals surface area (Å²) in [5.74, 6) is 1.03. The number of ether oxygens (including phenoxy) is 1. The summed E-state index contributed by atoms with van der Waals surface area (Å²) < 4.78 is 7.58. The van der Waals surface area contributed by atoms with Gasteiger partial charge in [0, 0.05) is 16.9 Å². The van der Waals surface area contributed by atoms with Crippen molar-refractivity contribution in [3.8, 4) is 5.75 Å². The van der Waals surface area contributed by atoms with Crippen LogP contribution in [0.5, 0.6) is 5.75 Å². The lowest BCUT2D eigenvalue weighted by molar-refractivity contribution is -0.113. The van der Waals surface area contributed by atoms with Gasteiger partial charge in [0.1, 0.15) is 24.7 Å². The second-order valence-corrected chi connectivity index (χ2v) is 7.00. The second-order valence-electron chi connectivity index (χ2n) is 7.00. The van der Waals surface area contributed by atoms with Crippen LogP contribution < -0.4 is 15.4 Å². The van der Waals surface area contributed by atoms with Gasteiger partial charge >= 0.3 is 0 Å². The van der Waals surface area contributed by atoms with Crippen LogP contribution >= 0.6 is 0 Å². The highest BCUT2D eigenvalue weighted by Crippen LogP contribution is 2.39. The van der Waals surface area contributed by atoms with E-state index in [0.29, 0.717) is 29.6 Å². The number of para-hydroxylation sites is 2. The molecule has 0 saturated carbocycles. The van der Waals surface area contributed by atoms with Crippen molar-refractivity contribution in [2.75, 3.05) is 17.2 Å². The van der Waals surface area contributed by atoms with E-state index in [9.17, 15) is 4.79 Å². The molecular formula is C23H23N5O2. The molecule has 1 atom stereocenters. The minimum absolute atomic E-state index is 0.209. The Kier molecular flexibility index (Phi) is 5.34. The number of nitrogens with one attached hydrogen (secondary N) is 2. The van der Waals surface area contributed by atoms with Crippen LogP contribution in [0.3, 0.4) is 0 Å². The lowest BCUT2D eigenvalue weighted by Gasteiger charge is -2.29. The van der Waals surface area contributed by atoms with E-state index in [1.165, 1.54) is 6.33 Å². The molecule has 30 heavy (non-hydrogen) atoms. The van der Waals surface area contributed by atoms with Crippen LogP contribution in [0.15, 0.2) is 78.8 Å². The van der Waals surface area contributed by atoms with Crippen molar-refractivity contribution >= 4 is 17.5 Å². The number of anilines is 2. The Bertz CT molecular complexity index is 1130. The number of aromatic nitrogens is 3. The molecule has 0 aliphatic carbocycles. The van der Waals surface area contributed by atoms with Crippen molar-refractivity contribution in [3.63, 3.8) is 0 Å². The topological polar surface area (TPSA) is 81.1 Å². The molecule has 2 N–H and O–H groups in total. The number of aryl methyl sites for hydroxylation is 1. The van der Waals surface area contributed by atoms with Crippen LogP contribution in [0.4, 0.5) is 11.6 Å². The molecule has 2 aromatic carbocycles. The maximum atomic E-state index is 13.4. The Morgan fingerprint density at radius 1 is 1.23 bits per heavy atom. The summed E-state index contributed by atoms with van der Waals surface area (Å²) in [5.41, 5.74) is 3.83. The summed E-state index contributed by atoms with van der Waals surface area (Å²) in [4.78, 5) is 17.7. The van der Waals surface area contributed by atoms with Gasteiger partial charge in [-0.1, -0.05) is 49.1 Å². The third-order valence-electron chi connectivity index (χ3n) is 5.00. The van der Waals surface area contributed by atoms with Crippen molar-refractivity contribution < 1.29 is 9.53 Å². The van der Waals surface area contributed by atoms with Gasteiger partial charge in [0.15, 0.2) is 0 Å². The Balaban J connectivity index is 1.79. The molecule has 4 rings (SSSR count). The van der Waals surface area contributed by atoms with Crippen LogP contribution in [0, 0.1) is 6.92 Å². The first-order valence-corrected chi connectivity index (χ1v) is 9.67. The molecule has 3 aromatic rings. The second kappa shape index (κ2) is 8.24. The lowest BCUT2D eigenvalue weighted by atomic mass is 9.94. The fourth-order valence-corrected chi connectivity index (χ4v) is 3.56. The minimum Gasteiger partial charge on any atom is -0.489 e. The normalized spacial score (nSPS) is 15.2. The van der Waals surface area contributed by atoms with Gasteiger partial charge < -0.3 is 15.4 Å². The zero-order chi connectivity index (χ0) is 21.1. The summed E-state index contributed by atoms with van der Waals surface area (Å²) >= 11 is 0. The van der Waals surface area contributed by atoms with Gasteiger partial charge in [-0.25, -0.2) is 4.68 Å². The minimum atomic E-state index is -0.492. The number of benzene rings is 2. The van der Waals surface area contributed by atoms with E-state index in [0.717, 1.165) is 16.8 Å². The zero-order valence-electron chi connectivity index (χ0n) is 16.9. The quantitative estimate of drug-likeness (QED) is 0.609. The molecule has 1 aliphatic rings. The fourth-order valence-electron chi connectivity index (χ4n) is 3.56. The smallest absolute Gasteiger partial charge is 0.255 e. The van der Waals surface area contributed by atoms with Gasteiger partial charge in [0.25, 0.3) is 5.91 Å². The molecule has 7 heteroatoms. The van der Waals surface area contributed by atoms with Gasteiger partial charge in [-0.2, -0.15) is 10.1 Å². The average Bonchev–Trinajstić information content (AvgIpc) is 3.21. The third-order valence-corrected chi connectivity index (χ3v) is 5.00. The van der Waals surface area contributed by atoms with Crippen molar-refractivity contribution in [2.45, 2.75) is 19.9 Å². The van der Waals surface area contributed by atoms with E-state index in [2.05, 4.69) is 27.3 Å². The SMILES string of the molecule is C=CCOc1ccccc1[C@H]1C(C(=O)Nc2ccccc2C)=C(C)Nc2ncnn21. The summed E-state index contributed by atoms with van der Waals surface area (Å²) in [7, 11) is 0. The zero-order valence-corrected chi connectivity index (χ0v) is 16.9. The molecular weight excluding hydrogens is 378 g/mol. The van der Waals surface area contributed by atoms with Gasteiger partial charge in [-0.15, -0.1) is 0 Å². The van der Waals surface area contributed by atoms with Crippen molar-refractivity contribution in [1.82, 2.24) is 14.8 Å². The number of carbonyl (C=O) groups is 1. The van der Waals surface area contributed by atoms with Crippen LogP contribution in [-0.2, 0) is 4.79 Å². The number of hydrogen-bond donors (Lipinski definition) is 2. The average molecular weight is 401 g/mol. The number of amides is 1. The molecule has 0 spiro atoms. The summed E-state index contributed by atoms with van der Waals surface area (Å²) in [6.45, 7) is 7.91. The van der Waals surface area contributed by atoms with Crippen LogP contribution in [0.2, 0.25) is 0 Å². The number of carbonyl (C=O) groups excluding carboxylic acids is 1. The van der Waals surface area contributed by atoms with Gasteiger partial charge in [-0.05, 0) is 31.5 Å². The molecule has 0 saturated heterocycles. The van der Waals surface area contributed by atoms with Crippen molar-refractivity contribution in [1.29, 1.82) is 0 Å². The Labute approximate surface area is 175 Å². The molecule has 152 valence electrons. The summed E-state index contributed by atoms with van der Waals surface area (Å²) in [6, 6.07) is 14.8. The third kappa shape index (κ3) is 3.57. The molecule has 0 radical (unpaired) electrons. The summed E-state index contributed by atoms with van der Waals surface area (Å²) in [6.07, 6.45) is 3.16. The standard InChI is InChI=1S/C23H23N5O2/c1-4-13-30-19-12-8-6-10-17(19)21-20(16(3)26-23-24-14-25-28(21)23)22(29)27-18-11-7-5-9-15(18)2/h4-12,14,21H,1,13H2,2-3H3,(H,27,29)(H,24,25,26)/t21-/m0/s1. The Morgan fingerprint density at radius 3 is 2.80 bits per heavy atom. The highest BCUT2D eigenvalue weighted by Gasteiger charge is 2.35. The van der Waals surface area contributed by atoms with Crippen LogP contribution in [0.25, 0.3) is 0 Å². The highest BCUT2D eigenvalue weighted by atomic mass is 16.5. The van der Waals surface area contributed by atoms with E-state index in [4.69, 9.17) is 4.74 Å². The van der Waals surface area contributed by atoms with E-state index < -0.39 is 6.04 Å². The van der Waals surface area contributed by atoms with Crippen LogP contribution in [0.1, 0.15) is 24.1 Å². The first kappa shape index (κ1) is 19.4. The number of hydrogen-bond acceptors (Lipinski definition) is 5.